The molecule has 2 fully saturated rings. The lowest BCUT2D eigenvalue weighted by molar-refractivity contribution is -0.142. The lowest BCUT2D eigenvalue weighted by atomic mass is 10.0. The highest BCUT2D eigenvalue weighted by Crippen LogP contribution is 2.20. The molecule has 20 heavy (non-hydrogen) atoms. The maximum Gasteiger partial charge on any atom is 0.318 e. The van der Waals surface area contributed by atoms with Crippen molar-refractivity contribution in [1.29, 1.82) is 0 Å². The molecule has 0 saturated carbocycles. The smallest absolute Gasteiger partial charge is 0.318 e. The SMILES string of the molecule is CCN(C(=O)NC1CNC(=O)C1)C1COCC1C(=O)O. The zero-order chi connectivity index (χ0) is 14.7. The molecule has 0 aromatic carbocycles. The molecule has 3 N–H and O–H groups in total. The molecule has 112 valence electrons. The third kappa shape index (κ3) is 3.01. The molecule has 2 aliphatic heterocycles. The third-order valence-corrected chi connectivity index (χ3v) is 3.67. The second kappa shape index (κ2) is 6.08. The van der Waals surface area contributed by atoms with E-state index in [1.165, 1.54) is 4.90 Å². The van der Waals surface area contributed by atoms with Gasteiger partial charge >= 0.3 is 12.0 Å². The second-order valence-electron chi connectivity index (χ2n) is 4.99. The largest absolute Gasteiger partial charge is 0.481 e. The number of likely N-dealkylation sites (N-methyl/N-ethyl adjacent to an activating group) is 1. The van der Waals surface area contributed by atoms with Gasteiger partial charge in [0.25, 0.3) is 0 Å². The average Bonchev–Trinajstić information content (AvgIpc) is 3.00. The summed E-state index contributed by atoms with van der Waals surface area (Å²) in [4.78, 5) is 35.9. The second-order valence-corrected chi connectivity index (χ2v) is 4.99. The number of ether oxygens (including phenoxy) is 1. The number of rotatable bonds is 4. The normalized spacial score (nSPS) is 29.1. The van der Waals surface area contributed by atoms with Gasteiger partial charge in [0, 0.05) is 19.5 Å². The van der Waals surface area contributed by atoms with Crippen molar-refractivity contribution in [2.75, 3.05) is 26.3 Å². The van der Waals surface area contributed by atoms with Crippen LogP contribution >= 0.6 is 0 Å². The number of aliphatic carboxylic acids is 1. The highest BCUT2D eigenvalue weighted by atomic mass is 16.5. The van der Waals surface area contributed by atoms with Crippen molar-refractivity contribution in [3.8, 4) is 0 Å². The molecule has 3 atom stereocenters. The molecule has 0 aromatic rings. The van der Waals surface area contributed by atoms with Crippen molar-refractivity contribution in [1.82, 2.24) is 15.5 Å². The van der Waals surface area contributed by atoms with E-state index in [0.717, 1.165) is 0 Å². The zero-order valence-corrected chi connectivity index (χ0v) is 11.3. The van der Waals surface area contributed by atoms with Crippen LogP contribution in [0.25, 0.3) is 0 Å². The highest BCUT2D eigenvalue weighted by molar-refractivity contribution is 5.82. The van der Waals surface area contributed by atoms with Crippen LogP contribution in [0.3, 0.4) is 0 Å². The van der Waals surface area contributed by atoms with Crippen LogP contribution in [0, 0.1) is 5.92 Å². The van der Waals surface area contributed by atoms with Gasteiger partial charge in [-0.05, 0) is 6.92 Å². The molecule has 8 nitrogen and oxygen atoms in total. The van der Waals surface area contributed by atoms with Gasteiger partial charge in [-0.25, -0.2) is 4.79 Å². The Morgan fingerprint density at radius 3 is 2.80 bits per heavy atom. The number of carboxylic acid groups (broad SMARTS) is 1. The summed E-state index contributed by atoms with van der Waals surface area (Å²) >= 11 is 0. The van der Waals surface area contributed by atoms with Gasteiger partial charge in [-0.2, -0.15) is 0 Å². The minimum absolute atomic E-state index is 0.0917. The standard InChI is InChI=1S/C12H19N3O5/c1-2-15(9-6-20-5-8(9)11(17)18)12(19)14-7-3-10(16)13-4-7/h7-9H,2-6H2,1H3,(H,13,16)(H,14,19)(H,17,18). The summed E-state index contributed by atoms with van der Waals surface area (Å²) in [5.41, 5.74) is 0. The molecule has 3 unspecified atom stereocenters. The van der Waals surface area contributed by atoms with Crippen molar-refractivity contribution >= 4 is 17.9 Å². The quantitative estimate of drug-likeness (QED) is 0.614. The van der Waals surface area contributed by atoms with Crippen LogP contribution in [0.2, 0.25) is 0 Å². The molecular weight excluding hydrogens is 266 g/mol. The number of hydrogen-bond donors (Lipinski definition) is 3. The number of nitrogens with one attached hydrogen (secondary N) is 2. The van der Waals surface area contributed by atoms with E-state index in [1.54, 1.807) is 6.92 Å². The van der Waals surface area contributed by atoms with E-state index in [4.69, 9.17) is 9.84 Å². The Hall–Kier alpha value is -1.83. The van der Waals surface area contributed by atoms with Crippen LogP contribution in [-0.4, -0.2) is 66.3 Å². The molecule has 0 aliphatic carbocycles. The fourth-order valence-electron chi connectivity index (χ4n) is 2.58. The van der Waals surface area contributed by atoms with Gasteiger partial charge in [-0.1, -0.05) is 0 Å². The first-order chi connectivity index (χ1) is 9.52. The van der Waals surface area contributed by atoms with Gasteiger partial charge in [0.1, 0.15) is 5.92 Å². The van der Waals surface area contributed by atoms with Gasteiger partial charge in [-0.3, -0.25) is 9.59 Å². The lowest BCUT2D eigenvalue weighted by Crippen LogP contribution is -2.52. The summed E-state index contributed by atoms with van der Waals surface area (Å²) in [6, 6.07) is -1.06. The molecule has 2 aliphatic rings. The molecule has 0 radical (unpaired) electrons. The monoisotopic (exact) mass is 285 g/mol. The molecule has 2 saturated heterocycles. The Labute approximate surface area is 116 Å². The number of carbonyl (C=O) groups excluding carboxylic acids is 2. The van der Waals surface area contributed by atoms with Crippen LogP contribution in [-0.2, 0) is 14.3 Å². The molecule has 2 heterocycles. The van der Waals surface area contributed by atoms with E-state index < -0.39 is 17.9 Å². The Kier molecular flexibility index (Phi) is 4.43. The third-order valence-electron chi connectivity index (χ3n) is 3.67. The van der Waals surface area contributed by atoms with E-state index >= 15 is 0 Å². The highest BCUT2D eigenvalue weighted by Gasteiger charge is 2.40. The van der Waals surface area contributed by atoms with Crippen LogP contribution in [0.5, 0.6) is 0 Å². The fourth-order valence-corrected chi connectivity index (χ4v) is 2.58. The molecule has 0 aromatic heterocycles. The number of carbonyl (C=O) groups is 3. The number of amides is 3. The van der Waals surface area contributed by atoms with Crippen molar-refractivity contribution in [2.24, 2.45) is 5.92 Å². The topological polar surface area (TPSA) is 108 Å². The van der Waals surface area contributed by atoms with E-state index in [9.17, 15) is 14.4 Å². The number of urea groups is 1. The number of nitrogens with zero attached hydrogens (tertiary/aromatic N) is 1. The number of hydrogen-bond acceptors (Lipinski definition) is 4. The Morgan fingerprint density at radius 2 is 2.25 bits per heavy atom. The summed E-state index contributed by atoms with van der Waals surface area (Å²) in [6.07, 6.45) is 0.257. The minimum Gasteiger partial charge on any atom is -0.481 e. The first kappa shape index (κ1) is 14.6. The average molecular weight is 285 g/mol. The molecular formula is C12H19N3O5. The summed E-state index contributed by atoms with van der Waals surface area (Å²) in [6.45, 7) is 2.92. The first-order valence-corrected chi connectivity index (χ1v) is 6.67. The van der Waals surface area contributed by atoms with Gasteiger partial charge < -0.3 is 25.4 Å². The van der Waals surface area contributed by atoms with Crippen LogP contribution in [0.1, 0.15) is 13.3 Å². The van der Waals surface area contributed by atoms with E-state index in [-0.39, 0.29) is 37.6 Å². The minimum atomic E-state index is -0.962. The van der Waals surface area contributed by atoms with E-state index in [0.29, 0.717) is 13.1 Å². The molecule has 0 spiro atoms. The Morgan fingerprint density at radius 1 is 1.50 bits per heavy atom. The summed E-state index contributed by atoms with van der Waals surface area (Å²) in [5.74, 6) is -1.76. The Balaban J connectivity index is 1.98. The van der Waals surface area contributed by atoms with Crippen molar-refractivity contribution in [3.05, 3.63) is 0 Å². The molecule has 0 bridgehead atoms. The summed E-state index contributed by atoms with van der Waals surface area (Å²) in [5, 5.41) is 14.5. The van der Waals surface area contributed by atoms with Crippen molar-refractivity contribution < 1.29 is 24.2 Å². The van der Waals surface area contributed by atoms with Gasteiger partial charge in [0.15, 0.2) is 0 Å². The predicted octanol–water partition coefficient (Wildman–Crippen LogP) is -0.994. The van der Waals surface area contributed by atoms with E-state index in [2.05, 4.69) is 10.6 Å². The van der Waals surface area contributed by atoms with Crippen LogP contribution < -0.4 is 10.6 Å². The Bertz CT molecular complexity index is 414. The first-order valence-electron chi connectivity index (χ1n) is 6.67. The van der Waals surface area contributed by atoms with Crippen molar-refractivity contribution in [2.45, 2.75) is 25.4 Å². The van der Waals surface area contributed by atoms with Gasteiger partial charge in [-0.15, -0.1) is 0 Å². The maximum absolute atomic E-state index is 12.2. The van der Waals surface area contributed by atoms with Crippen molar-refractivity contribution in [3.63, 3.8) is 0 Å². The van der Waals surface area contributed by atoms with Crippen LogP contribution in [0.4, 0.5) is 4.79 Å². The van der Waals surface area contributed by atoms with Crippen LogP contribution in [0.15, 0.2) is 0 Å². The summed E-state index contributed by atoms with van der Waals surface area (Å²) < 4.78 is 5.18. The lowest BCUT2D eigenvalue weighted by Gasteiger charge is -2.30. The predicted molar refractivity (Wildman–Crippen MR) is 68.1 cm³/mol. The fraction of sp³-hybridized carbons (Fsp3) is 0.750. The van der Waals surface area contributed by atoms with Gasteiger partial charge in [0.2, 0.25) is 5.91 Å². The zero-order valence-electron chi connectivity index (χ0n) is 11.3. The number of carboxylic acids is 1. The van der Waals surface area contributed by atoms with Gasteiger partial charge in [0.05, 0.1) is 25.3 Å². The molecule has 8 heteroatoms. The summed E-state index contributed by atoms with van der Waals surface area (Å²) in [7, 11) is 0. The molecule has 2 rings (SSSR count). The maximum atomic E-state index is 12.2. The van der Waals surface area contributed by atoms with E-state index in [1.807, 2.05) is 0 Å². The molecule has 3 amide bonds.